The molecule has 0 saturated heterocycles. The van der Waals surface area contributed by atoms with Crippen LogP contribution >= 0.6 is 11.6 Å². The van der Waals surface area contributed by atoms with E-state index in [1.807, 2.05) is 0 Å². The Morgan fingerprint density at radius 1 is 1.26 bits per heavy atom. The van der Waals surface area contributed by atoms with Gasteiger partial charge < -0.3 is 14.6 Å². The molecule has 0 N–H and O–H groups in total. The van der Waals surface area contributed by atoms with E-state index in [9.17, 15) is 22.8 Å². The Morgan fingerprint density at radius 2 is 2.00 bits per heavy atom. The highest BCUT2D eigenvalue weighted by molar-refractivity contribution is 6.30. The van der Waals surface area contributed by atoms with E-state index in [-0.39, 0.29) is 19.0 Å². The number of hydrogen-bond donors (Lipinski definition) is 0. The molecule has 10 heteroatoms. The lowest BCUT2D eigenvalue weighted by Gasteiger charge is -2.44. The number of hydroxylamine groups is 3. The molecule has 5 nitrogen and oxygen atoms in total. The predicted molar refractivity (Wildman–Crippen MR) is 89.4 cm³/mol. The normalized spacial score (nSPS) is 20.6. The lowest BCUT2D eigenvalue weighted by atomic mass is 10.1. The number of hydrogen-bond acceptors (Lipinski definition) is 4. The summed E-state index contributed by atoms with van der Waals surface area (Å²) in [5.41, 5.74) is 2.11. The summed E-state index contributed by atoms with van der Waals surface area (Å²) < 4.78 is 54.1. The van der Waals surface area contributed by atoms with E-state index in [0.29, 0.717) is 16.3 Å². The van der Waals surface area contributed by atoms with Gasteiger partial charge in [0.2, 0.25) is 5.88 Å². The molecule has 0 fully saturated rings. The third kappa shape index (κ3) is 3.99. The van der Waals surface area contributed by atoms with Gasteiger partial charge in [-0.2, -0.15) is 8.78 Å². The highest BCUT2D eigenvalue weighted by Gasteiger charge is 2.42. The Balaban J connectivity index is 1.70. The molecule has 2 atom stereocenters. The second kappa shape index (κ2) is 7.21. The number of rotatable bonds is 6. The van der Waals surface area contributed by atoms with Gasteiger partial charge in [0.1, 0.15) is 24.3 Å². The number of ether oxygens (including phenoxy) is 1. The second-order valence-electron chi connectivity index (χ2n) is 6.46. The fourth-order valence-electron chi connectivity index (χ4n) is 2.93. The number of quaternary nitrogens is 1. The van der Waals surface area contributed by atoms with Crippen molar-refractivity contribution in [2.24, 2.45) is 0 Å². The maximum Gasteiger partial charge on any atom is 0.340 e. The molecule has 0 bridgehead atoms. The largest absolute Gasteiger partial charge is 0.632 e. The van der Waals surface area contributed by atoms with Gasteiger partial charge in [-0.05, 0) is 19.1 Å². The maximum absolute atomic E-state index is 13.2. The molecule has 0 saturated carbocycles. The SMILES string of the molecule is CC(c1ccc(OCC(F)(F)C(F)F)nc1)[N+]1([O-])Cc2ccnc(Cl)c2C1. The van der Waals surface area contributed by atoms with E-state index in [4.69, 9.17) is 11.6 Å². The van der Waals surface area contributed by atoms with Crippen LogP contribution in [0.5, 0.6) is 5.88 Å². The molecule has 3 rings (SSSR count). The van der Waals surface area contributed by atoms with Crippen molar-refractivity contribution in [3.8, 4) is 5.88 Å². The highest BCUT2D eigenvalue weighted by atomic mass is 35.5. The van der Waals surface area contributed by atoms with Crippen molar-refractivity contribution < 1.29 is 26.9 Å². The summed E-state index contributed by atoms with van der Waals surface area (Å²) in [6.45, 7) is 0.622. The summed E-state index contributed by atoms with van der Waals surface area (Å²) >= 11 is 6.06. The van der Waals surface area contributed by atoms with Gasteiger partial charge in [-0.1, -0.05) is 11.6 Å². The van der Waals surface area contributed by atoms with Crippen LogP contribution in [0.15, 0.2) is 30.6 Å². The molecule has 1 aliphatic heterocycles. The van der Waals surface area contributed by atoms with Gasteiger partial charge in [0.25, 0.3) is 0 Å². The lowest BCUT2D eigenvalue weighted by Crippen LogP contribution is -2.38. The van der Waals surface area contributed by atoms with Crippen LogP contribution < -0.4 is 4.74 Å². The highest BCUT2D eigenvalue weighted by Crippen LogP contribution is 2.40. The summed E-state index contributed by atoms with van der Waals surface area (Å²) in [6.07, 6.45) is -0.953. The Hall–Kier alpha value is -1.97. The van der Waals surface area contributed by atoms with Crippen molar-refractivity contribution in [2.45, 2.75) is 38.4 Å². The van der Waals surface area contributed by atoms with Crippen molar-refractivity contribution >= 4 is 11.6 Å². The van der Waals surface area contributed by atoms with Gasteiger partial charge >= 0.3 is 12.3 Å². The number of alkyl halides is 4. The third-order valence-corrected chi connectivity index (χ3v) is 4.97. The summed E-state index contributed by atoms with van der Waals surface area (Å²) in [4.78, 5) is 7.83. The standard InChI is InChI=1S/C17H16ClF4N3O2/c1-10(25(26)7-12-4-5-23-15(18)13(12)8-25)11-2-3-14(24-6-11)27-9-17(21,22)16(19)20/h2-6,10,16H,7-9H2,1H3. The summed E-state index contributed by atoms with van der Waals surface area (Å²) in [7, 11) is 0. The van der Waals surface area contributed by atoms with E-state index < -0.39 is 29.6 Å². The molecule has 0 radical (unpaired) electrons. The monoisotopic (exact) mass is 405 g/mol. The molecular weight excluding hydrogens is 390 g/mol. The third-order valence-electron chi connectivity index (χ3n) is 4.64. The van der Waals surface area contributed by atoms with Crippen LogP contribution in [0.1, 0.15) is 29.7 Å². The second-order valence-corrected chi connectivity index (χ2v) is 6.82. The molecule has 2 aromatic rings. The van der Waals surface area contributed by atoms with Crippen LogP contribution in [0.3, 0.4) is 0 Å². The molecular formula is C17H16ClF4N3O2. The fraction of sp³-hybridized carbons (Fsp3) is 0.412. The van der Waals surface area contributed by atoms with E-state index in [1.54, 1.807) is 19.2 Å². The number of aromatic nitrogens is 2. The van der Waals surface area contributed by atoms with Gasteiger partial charge in [-0.25, -0.2) is 18.7 Å². The van der Waals surface area contributed by atoms with Crippen LogP contribution in [-0.2, 0) is 13.1 Å². The van der Waals surface area contributed by atoms with Crippen LogP contribution in [0.2, 0.25) is 5.15 Å². The van der Waals surface area contributed by atoms with Crippen LogP contribution in [-0.4, -0.2) is 33.6 Å². The van der Waals surface area contributed by atoms with E-state index in [0.717, 1.165) is 5.56 Å². The Bertz CT molecular complexity index is 822. The molecule has 0 amide bonds. The molecule has 0 aliphatic carbocycles. The summed E-state index contributed by atoms with van der Waals surface area (Å²) in [5.74, 6) is -4.48. The van der Waals surface area contributed by atoms with E-state index >= 15 is 0 Å². The van der Waals surface area contributed by atoms with Crippen molar-refractivity contribution in [1.29, 1.82) is 0 Å². The van der Waals surface area contributed by atoms with Gasteiger partial charge in [-0.3, -0.25) is 0 Å². The first-order valence-electron chi connectivity index (χ1n) is 8.07. The van der Waals surface area contributed by atoms with Crippen LogP contribution in [0.4, 0.5) is 17.6 Å². The van der Waals surface area contributed by atoms with Crippen LogP contribution in [0, 0.1) is 5.21 Å². The minimum atomic E-state index is -4.26. The van der Waals surface area contributed by atoms with E-state index in [2.05, 4.69) is 14.7 Å². The van der Waals surface area contributed by atoms with Crippen molar-refractivity contribution in [2.75, 3.05) is 6.61 Å². The van der Waals surface area contributed by atoms with Gasteiger partial charge in [0.05, 0.1) is 5.56 Å². The average Bonchev–Trinajstić information content (AvgIpc) is 2.99. The first-order valence-corrected chi connectivity index (χ1v) is 8.45. The minimum absolute atomic E-state index is 0.155. The Kier molecular flexibility index (Phi) is 5.29. The zero-order chi connectivity index (χ0) is 19.8. The van der Waals surface area contributed by atoms with Crippen molar-refractivity contribution in [1.82, 2.24) is 9.97 Å². The average molecular weight is 406 g/mol. The zero-order valence-corrected chi connectivity index (χ0v) is 15.0. The molecule has 1 aliphatic rings. The van der Waals surface area contributed by atoms with Gasteiger partial charge in [-0.15, -0.1) is 0 Å². The lowest BCUT2D eigenvalue weighted by molar-refractivity contribution is -0.928. The molecule has 3 heterocycles. The predicted octanol–water partition coefficient (Wildman–Crippen LogP) is 4.50. The Morgan fingerprint density at radius 3 is 2.59 bits per heavy atom. The molecule has 0 spiro atoms. The minimum Gasteiger partial charge on any atom is -0.632 e. The van der Waals surface area contributed by atoms with Gasteiger partial charge in [0.15, 0.2) is 6.61 Å². The number of fused-ring (bicyclic) bond motifs is 1. The molecule has 146 valence electrons. The Labute approximate surface area is 157 Å². The molecule has 2 unspecified atom stereocenters. The van der Waals surface area contributed by atoms with E-state index in [1.165, 1.54) is 18.3 Å². The molecule has 27 heavy (non-hydrogen) atoms. The quantitative estimate of drug-likeness (QED) is 0.307. The van der Waals surface area contributed by atoms with Crippen molar-refractivity contribution in [3.05, 3.63) is 57.6 Å². The zero-order valence-electron chi connectivity index (χ0n) is 14.2. The first-order chi connectivity index (χ1) is 12.6. The molecule has 2 aromatic heterocycles. The number of halogens is 5. The number of nitrogens with zero attached hydrogens (tertiary/aromatic N) is 3. The smallest absolute Gasteiger partial charge is 0.340 e. The van der Waals surface area contributed by atoms with Gasteiger partial charge in [0, 0.05) is 29.6 Å². The number of pyridine rings is 2. The fourth-order valence-corrected chi connectivity index (χ4v) is 3.17. The summed E-state index contributed by atoms with van der Waals surface area (Å²) in [5, 5.41) is 13.5. The topological polar surface area (TPSA) is 58.1 Å². The summed E-state index contributed by atoms with van der Waals surface area (Å²) in [6, 6.07) is 4.02. The van der Waals surface area contributed by atoms with Crippen LogP contribution in [0.25, 0.3) is 0 Å². The first kappa shape index (κ1) is 19.8. The maximum atomic E-state index is 13.2. The molecule has 0 aromatic carbocycles. The van der Waals surface area contributed by atoms with Crippen molar-refractivity contribution in [3.63, 3.8) is 0 Å².